The molecule has 0 saturated heterocycles. The Morgan fingerprint density at radius 3 is 2.31 bits per heavy atom. The van der Waals surface area contributed by atoms with Gasteiger partial charge in [0.1, 0.15) is 0 Å². The van der Waals surface area contributed by atoms with Crippen LogP contribution in [-0.2, 0) is 0 Å². The van der Waals surface area contributed by atoms with E-state index in [0.717, 1.165) is 45.1 Å². The second-order valence-corrected chi connectivity index (χ2v) is 3.39. The van der Waals surface area contributed by atoms with Gasteiger partial charge in [-0.2, -0.15) is 0 Å². The minimum absolute atomic E-state index is 0.740. The van der Waals surface area contributed by atoms with Gasteiger partial charge >= 0.3 is 0 Å². The minimum Gasteiger partial charge on any atom is -0.330 e. The van der Waals surface area contributed by atoms with Crippen LogP contribution in [-0.4, -0.2) is 32.7 Å². The van der Waals surface area contributed by atoms with E-state index in [0.29, 0.717) is 0 Å². The molecule has 0 amide bonds. The zero-order chi connectivity index (χ0) is 9.94. The summed E-state index contributed by atoms with van der Waals surface area (Å²) in [6, 6.07) is 0. The molecule has 0 bridgehead atoms. The number of hydrogen-bond donors (Lipinski definition) is 3. The first-order valence-corrected chi connectivity index (χ1v) is 5.46. The van der Waals surface area contributed by atoms with E-state index < -0.39 is 0 Å². The number of nitrogens with one attached hydrogen (secondary N) is 2. The summed E-state index contributed by atoms with van der Waals surface area (Å²) in [5.41, 5.74) is 5.56. The average Bonchev–Trinajstić information content (AvgIpc) is 2.14. The Hall–Kier alpha value is -0.120. The third-order valence-electron chi connectivity index (χ3n) is 2.24. The summed E-state index contributed by atoms with van der Waals surface area (Å²) < 4.78 is 0. The minimum atomic E-state index is 0.740. The van der Waals surface area contributed by atoms with Gasteiger partial charge in [-0.25, -0.2) is 0 Å². The van der Waals surface area contributed by atoms with Crippen LogP contribution in [0.5, 0.6) is 0 Å². The first kappa shape index (κ1) is 12.9. The summed E-state index contributed by atoms with van der Waals surface area (Å²) in [5.74, 6) is 0.740. The molecular formula is C10H25N3. The van der Waals surface area contributed by atoms with E-state index in [1.54, 1.807) is 0 Å². The molecule has 0 aliphatic rings. The van der Waals surface area contributed by atoms with Crippen LogP contribution >= 0.6 is 0 Å². The topological polar surface area (TPSA) is 50.1 Å². The monoisotopic (exact) mass is 187 g/mol. The molecular weight excluding hydrogens is 162 g/mol. The largest absolute Gasteiger partial charge is 0.330 e. The van der Waals surface area contributed by atoms with Crippen LogP contribution in [0.3, 0.4) is 0 Å². The molecule has 0 aromatic heterocycles. The smallest absolute Gasteiger partial charge is 0.00197 e. The Kier molecular flexibility index (Phi) is 9.87. The van der Waals surface area contributed by atoms with Crippen molar-refractivity contribution in [1.29, 1.82) is 0 Å². The second-order valence-electron chi connectivity index (χ2n) is 3.39. The van der Waals surface area contributed by atoms with Crippen molar-refractivity contribution in [3.05, 3.63) is 0 Å². The number of rotatable bonds is 9. The van der Waals surface area contributed by atoms with Crippen molar-refractivity contribution in [2.75, 3.05) is 32.7 Å². The highest BCUT2D eigenvalue weighted by molar-refractivity contribution is 4.64. The number of nitrogens with two attached hydrogens (primary N) is 1. The maximum Gasteiger partial charge on any atom is -0.00197 e. The Balaban J connectivity index is 3.41. The van der Waals surface area contributed by atoms with E-state index >= 15 is 0 Å². The molecule has 0 rings (SSSR count). The van der Waals surface area contributed by atoms with Crippen LogP contribution in [0.2, 0.25) is 0 Å². The van der Waals surface area contributed by atoms with Crippen molar-refractivity contribution in [3.8, 4) is 0 Å². The third kappa shape index (κ3) is 8.22. The third-order valence-corrected chi connectivity index (χ3v) is 2.24. The van der Waals surface area contributed by atoms with Gasteiger partial charge in [0.05, 0.1) is 0 Å². The van der Waals surface area contributed by atoms with Crippen molar-refractivity contribution in [2.45, 2.75) is 26.7 Å². The summed E-state index contributed by atoms with van der Waals surface area (Å²) in [7, 11) is 0. The first-order valence-electron chi connectivity index (χ1n) is 5.46. The van der Waals surface area contributed by atoms with E-state index in [2.05, 4.69) is 24.5 Å². The molecule has 13 heavy (non-hydrogen) atoms. The molecule has 0 saturated carbocycles. The van der Waals surface area contributed by atoms with Crippen molar-refractivity contribution in [1.82, 2.24) is 10.6 Å². The molecule has 0 radical (unpaired) electrons. The maximum atomic E-state index is 5.56. The van der Waals surface area contributed by atoms with Gasteiger partial charge < -0.3 is 16.4 Å². The van der Waals surface area contributed by atoms with E-state index in [9.17, 15) is 0 Å². The average molecular weight is 187 g/mol. The molecule has 80 valence electrons. The van der Waals surface area contributed by atoms with Crippen molar-refractivity contribution in [2.24, 2.45) is 11.7 Å². The van der Waals surface area contributed by atoms with Crippen LogP contribution in [0.15, 0.2) is 0 Å². The van der Waals surface area contributed by atoms with Crippen LogP contribution < -0.4 is 16.4 Å². The van der Waals surface area contributed by atoms with Crippen LogP contribution in [0.1, 0.15) is 26.7 Å². The molecule has 0 aromatic rings. The molecule has 0 aromatic carbocycles. The highest BCUT2D eigenvalue weighted by Crippen LogP contribution is 2.04. The van der Waals surface area contributed by atoms with E-state index in [1.807, 2.05) is 0 Å². The standard InChI is InChI=1S/C10H25N3/c1-3-12-8-6-10(5-7-11)9-13-4-2/h10,12-13H,3-9,11H2,1-2H3. The van der Waals surface area contributed by atoms with Crippen molar-refractivity contribution in [3.63, 3.8) is 0 Å². The van der Waals surface area contributed by atoms with Crippen molar-refractivity contribution < 1.29 is 0 Å². The zero-order valence-electron chi connectivity index (χ0n) is 9.10. The zero-order valence-corrected chi connectivity index (χ0v) is 9.10. The molecule has 0 heterocycles. The van der Waals surface area contributed by atoms with Crippen LogP contribution in [0.4, 0.5) is 0 Å². The van der Waals surface area contributed by atoms with Gasteiger partial charge in [0.15, 0.2) is 0 Å². The fourth-order valence-corrected chi connectivity index (χ4v) is 1.42. The fraction of sp³-hybridized carbons (Fsp3) is 1.00. The lowest BCUT2D eigenvalue weighted by atomic mass is 10.0. The molecule has 1 unspecified atom stereocenters. The van der Waals surface area contributed by atoms with Gasteiger partial charge in [-0.05, 0) is 51.5 Å². The Morgan fingerprint density at radius 1 is 1.08 bits per heavy atom. The van der Waals surface area contributed by atoms with Gasteiger partial charge in [-0.3, -0.25) is 0 Å². The fourth-order valence-electron chi connectivity index (χ4n) is 1.42. The SMILES string of the molecule is CCNCCC(CCN)CNCC. The lowest BCUT2D eigenvalue weighted by Gasteiger charge is -2.16. The van der Waals surface area contributed by atoms with Gasteiger partial charge in [-0.1, -0.05) is 13.8 Å². The van der Waals surface area contributed by atoms with Crippen molar-refractivity contribution >= 4 is 0 Å². The predicted molar refractivity (Wildman–Crippen MR) is 58.9 cm³/mol. The highest BCUT2D eigenvalue weighted by Gasteiger charge is 2.05. The molecule has 0 aliphatic carbocycles. The second kappa shape index (κ2) is 9.96. The maximum absolute atomic E-state index is 5.56. The predicted octanol–water partition coefficient (Wildman–Crippen LogP) is 0.561. The summed E-state index contributed by atoms with van der Waals surface area (Å²) in [5, 5.41) is 6.72. The molecule has 4 N–H and O–H groups in total. The first-order chi connectivity index (χ1) is 6.35. The van der Waals surface area contributed by atoms with Crippen LogP contribution in [0, 0.1) is 5.92 Å². The molecule has 1 atom stereocenters. The molecule has 0 spiro atoms. The molecule has 0 aliphatic heterocycles. The number of hydrogen-bond acceptors (Lipinski definition) is 3. The summed E-state index contributed by atoms with van der Waals surface area (Å²) >= 11 is 0. The van der Waals surface area contributed by atoms with Crippen LogP contribution in [0.25, 0.3) is 0 Å². The van der Waals surface area contributed by atoms with Gasteiger partial charge in [-0.15, -0.1) is 0 Å². The quantitative estimate of drug-likeness (QED) is 0.462. The Labute approximate surface area is 82.5 Å². The Bertz CT molecular complexity index is 96.2. The van der Waals surface area contributed by atoms with Gasteiger partial charge in [0.2, 0.25) is 0 Å². The summed E-state index contributed by atoms with van der Waals surface area (Å²) in [4.78, 5) is 0. The van der Waals surface area contributed by atoms with E-state index in [-0.39, 0.29) is 0 Å². The summed E-state index contributed by atoms with van der Waals surface area (Å²) in [6.07, 6.45) is 2.37. The normalized spacial score (nSPS) is 13.2. The highest BCUT2D eigenvalue weighted by atomic mass is 14.9. The molecule has 0 fully saturated rings. The molecule has 3 heteroatoms. The summed E-state index contributed by atoms with van der Waals surface area (Å²) in [6.45, 7) is 9.44. The lowest BCUT2D eigenvalue weighted by molar-refractivity contribution is 0.418. The van der Waals surface area contributed by atoms with Gasteiger partial charge in [0, 0.05) is 0 Å². The molecule has 3 nitrogen and oxygen atoms in total. The van der Waals surface area contributed by atoms with Gasteiger partial charge in [0.25, 0.3) is 0 Å². The van der Waals surface area contributed by atoms with E-state index in [1.165, 1.54) is 6.42 Å². The van der Waals surface area contributed by atoms with E-state index in [4.69, 9.17) is 5.73 Å². The lowest BCUT2D eigenvalue weighted by Crippen LogP contribution is -2.27. The Morgan fingerprint density at radius 2 is 1.77 bits per heavy atom.